The Hall–Kier alpha value is -2.20. The van der Waals surface area contributed by atoms with E-state index in [4.69, 9.17) is 21.1 Å². The van der Waals surface area contributed by atoms with Gasteiger partial charge in [-0.25, -0.2) is 0 Å². The molecule has 1 aromatic carbocycles. The lowest BCUT2D eigenvalue weighted by atomic mass is 9.80. The molecule has 10 heteroatoms. The summed E-state index contributed by atoms with van der Waals surface area (Å²) in [5.41, 5.74) is 2.14. The van der Waals surface area contributed by atoms with Gasteiger partial charge in [0, 0.05) is 58.7 Å². The molecule has 2 aliphatic carbocycles. The highest BCUT2D eigenvalue weighted by Gasteiger charge is 2.47. The molecule has 2 saturated carbocycles. The summed E-state index contributed by atoms with van der Waals surface area (Å²) >= 11 is 8.08. The molecule has 2 fully saturated rings. The number of aliphatic hydroxyl groups is 1. The Kier molecular flexibility index (Phi) is 7.75. The fourth-order valence-electron chi connectivity index (χ4n) is 5.89. The Morgan fingerprint density at radius 1 is 1.16 bits per heavy atom. The monoisotopic (exact) mass is 561 g/mol. The molecule has 2 heterocycles. The molecule has 8 nitrogen and oxygen atoms in total. The predicted molar refractivity (Wildman–Crippen MR) is 149 cm³/mol. The van der Waals surface area contributed by atoms with Crippen LogP contribution in [0.25, 0.3) is 0 Å². The summed E-state index contributed by atoms with van der Waals surface area (Å²) in [6.07, 6.45) is 7.37. The highest BCUT2D eigenvalue weighted by Crippen LogP contribution is 2.51. The summed E-state index contributed by atoms with van der Waals surface area (Å²) in [4.78, 5) is 29.3. The number of halogens is 1. The molecule has 1 aromatic heterocycles. The van der Waals surface area contributed by atoms with Crippen LogP contribution in [-0.4, -0.2) is 46.2 Å². The summed E-state index contributed by atoms with van der Waals surface area (Å²) in [6.45, 7) is 5.72. The number of H-pyrrole nitrogens is 1. The molecular weight excluding hydrogens is 526 g/mol. The van der Waals surface area contributed by atoms with Crippen LogP contribution in [0.3, 0.4) is 0 Å². The Labute approximate surface area is 232 Å². The van der Waals surface area contributed by atoms with Crippen LogP contribution < -0.4 is 25.7 Å². The minimum atomic E-state index is -0.855. The zero-order valence-corrected chi connectivity index (χ0v) is 23.9. The molecule has 0 spiro atoms. The Bertz CT molecular complexity index is 1290. The summed E-state index contributed by atoms with van der Waals surface area (Å²) in [6, 6.07) is 4.39. The number of ether oxygens (including phenoxy) is 2. The van der Waals surface area contributed by atoms with Gasteiger partial charge in [0.25, 0.3) is 17.3 Å². The van der Waals surface area contributed by atoms with E-state index in [-0.39, 0.29) is 30.0 Å². The largest absolute Gasteiger partial charge is 0.448 e. The first-order valence-corrected chi connectivity index (χ1v) is 14.9. The van der Waals surface area contributed by atoms with E-state index in [0.717, 1.165) is 49.1 Å². The third kappa shape index (κ3) is 5.30. The number of carbonyl (C=O) groups excluding carboxylic acids is 1. The van der Waals surface area contributed by atoms with E-state index >= 15 is 0 Å². The average Bonchev–Trinajstić information content (AvgIpc) is 3.24. The normalized spacial score (nSPS) is 28.2. The van der Waals surface area contributed by atoms with Gasteiger partial charge in [-0.15, -0.1) is 11.8 Å². The SMILES string of the molecule is CSc1cc(C)[nH]c(=O)c1CNC(=O)c1cc(Cl)c2c(c1C)O[C@@](C)([C@H]1CC[C@H](N[C@H]3C[C@H](O)C3)CC1)O2. The number of hydrogen-bond acceptors (Lipinski definition) is 7. The number of aromatic amines is 1. The van der Waals surface area contributed by atoms with E-state index in [1.165, 1.54) is 11.8 Å². The quantitative estimate of drug-likeness (QED) is 0.369. The zero-order chi connectivity index (χ0) is 27.2. The Morgan fingerprint density at radius 2 is 1.84 bits per heavy atom. The van der Waals surface area contributed by atoms with Gasteiger partial charge in [-0.3, -0.25) is 9.59 Å². The van der Waals surface area contributed by atoms with Crippen molar-refractivity contribution in [2.45, 2.75) is 94.7 Å². The van der Waals surface area contributed by atoms with Gasteiger partial charge in [-0.1, -0.05) is 11.6 Å². The number of pyridine rings is 1. The van der Waals surface area contributed by atoms with Gasteiger partial charge in [0.1, 0.15) is 0 Å². The smallest absolute Gasteiger partial charge is 0.254 e. The highest BCUT2D eigenvalue weighted by molar-refractivity contribution is 7.98. The summed E-state index contributed by atoms with van der Waals surface area (Å²) in [5.74, 6) is -0.0141. The molecule has 206 valence electrons. The number of fused-ring (bicyclic) bond motifs is 1. The fraction of sp³-hybridized carbons (Fsp3) is 0.571. The maximum absolute atomic E-state index is 13.2. The van der Waals surface area contributed by atoms with E-state index in [2.05, 4.69) is 15.6 Å². The third-order valence-electron chi connectivity index (χ3n) is 8.22. The van der Waals surface area contributed by atoms with Crippen LogP contribution in [0, 0.1) is 19.8 Å². The van der Waals surface area contributed by atoms with Crippen LogP contribution in [-0.2, 0) is 6.54 Å². The fourth-order valence-corrected chi connectivity index (χ4v) is 6.83. The molecule has 4 N–H and O–H groups in total. The Balaban J connectivity index is 1.26. The van der Waals surface area contributed by atoms with Crippen molar-refractivity contribution in [3.8, 4) is 11.5 Å². The van der Waals surface area contributed by atoms with Crippen molar-refractivity contribution in [1.82, 2.24) is 15.6 Å². The first-order valence-electron chi connectivity index (χ1n) is 13.3. The minimum absolute atomic E-state index is 0.102. The van der Waals surface area contributed by atoms with Gasteiger partial charge in [0.2, 0.25) is 0 Å². The van der Waals surface area contributed by atoms with Crippen LogP contribution in [0.15, 0.2) is 21.8 Å². The molecular formula is C28H36ClN3O5S. The van der Waals surface area contributed by atoms with Crippen LogP contribution in [0.5, 0.6) is 11.5 Å². The lowest BCUT2D eigenvalue weighted by Gasteiger charge is -2.40. The predicted octanol–water partition coefficient (Wildman–Crippen LogP) is 4.46. The van der Waals surface area contributed by atoms with Crippen molar-refractivity contribution in [3.63, 3.8) is 0 Å². The van der Waals surface area contributed by atoms with Crippen LogP contribution in [0.1, 0.15) is 72.6 Å². The van der Waals surface area contributed by atoms with Gasteiger partial charge >= 0.3 is 0 Å². The van der Waals surface area contributed by atoms with Crippen molar-refractivity contribution < 1.29 is 19.4 Å². The van der Waals surface area contributed by atoms with E-state index in [9.17, 15) is 14.7 Å². The zero-order valence-electron chi connectivity index (χ0n) is 22.3. The summed E-state index contributed by atoms with van der Waals surface area (Å²) in [7, 11) is 0. The number of benzene rings is 1. The lowest BCUT2D eigenvalue weighted by Crippen LogP contribution is -2.51. The molecule has 0 saturated heterocycles. The van der Waals surface area contributed by atoms with E-state index in [1.54, 1.807) is 6.07 Å². The lowest BCUT2D eigenvalue weighted by molar-refractivity contribution is -0.121. The number of rotatable bonds is 7. The van der Waals surface area contributed by atoms with E-state index in [1.807, 2.05) is 33.1 Å². The minimum Gasteiger partial charge on any atom is -0.448 e. The Morgan fingerprint density at radius 3 is 2.50 bits per heavy atom. The number of nitrogens with one attached hydrogen (secondary N) is 3. The van der Waals surface area contributed by atoms with Gasteiger partial charge in [0.05, 0.1) is 11.1 Å². The van der Waals surface area contributed by atoms with Gasteiger partial charge in [0.15, 0.2) is 11.5 Å². The molecule has 0 unspecified atom stereocenters. The molecule has 0 radical (unpaired) electrons. The van der Waals surface area contributed by atoms with Crippen molar-refractivity contribution in [2.75, 3.05) is 6.26 Å². The van der Waals surface area contributed by atoms with Crippen LogP contribution >= 0.6 is 23.4 Å². The number of hydrogen-bond donors (Lipinski definition) is 4. The number of amides is 1. The molecule has 3 aliphatic rings. The van der Waals surface area contributed by atoms with Crippen LogP contribution in [0.4, 0.5) is 0 Å². The maximum Gasteiger partial charge on any atom is 0.254 e. The second-order valence-corrected chi connectivity index (χ2v) is 12.2. The van der Waals surface area contributed by atoms with E-state index in [0.29, 0.717) is 45.3 Å². The number of aryl methyl sites for hydroxylation is 1. The van der Waals surface area contributed by atoms with Crippen molar-refractivity contribution in [2.24, 2.45) is 5.92 Å². The van der Waals surface area contributed by atoms with Gasteiger partial charge in [-0.05, 0) is 70.8 Å². The highest BCUT2D eigenvalue weighted by atomic mass is 35.5. The molecule has 1 aliphatic heterocycles. The first-order chi connectivity index (χ1) is 18.1. The molecule has 2 aromatic rings. The number of thioether (sulfide) groups is 1. The average molecular weight is 562 g/mol. The number of aromatic nitrogens is 1. The molecule has 5 rings (SSSR count). The standard InChI is InChI=1S/C28H36ClN3O5S/c1-14-9-23(38-4)21(27(35)31-14)13-30-26(34)20-12-22(29)25-24(15(20)2)36-28(3,37-25)16-5-7-17(8-6-16)32-18-10-19(33)11-18/h9,12,16-19,32-33H,5-8,10-11,13H2,1-4H3,(H,30,34)(H,31,35)/t16-,17-,18-,19-,28-/m1/s1. The van der Waals surface area contributed by atoms with E-state index < -0.39 is 5.79 Å². The maximum atomic E-state index is 13.2. The second-order valence-electron chi connectivity index (χ2n) is 11.0. The number of carbonyl (C=O) groups is 1. The molecule has 1 amide bonds. The van der Waals surface area contributed by atoms with Crippen molar-refractivity contribution in [3.05, 3.63) is 49.9 Å². The van der Waals surface area contributed by atoms with Crippen molar-refractivity contribution in [1.29, 1.82) is 0 Å². The van der Waals surface area contributed by atoms with Crippen LogP contribution in [0.2, 0.25) is 5.02 Å². The van der Waals surface area contributed by atoms with Gasteiger partial charge < -0.3 is 30.2 Å². The summed E-state index contributed by atoms with van der Waals surface area (Å²) in [5, 5.41) is 16.4. The summed E-state index contributed by atoms with van der Waals surface area (Å²) < 4.78 is 12.8. The first kappa shape index (κ1) is 27.4. The molecule has 1 atom stereocenters. The van der Waals surface area contributed by atoms with Gasteiger partial charge in [-0.2, -0.15) is 0 Å². The van der Waals surface area contributed by atoms with Crippen molar-refractivity contribution >= 4 is 29.3 Å². The number of aliphatic hydroxyl groups excluding tert-OH is 1. The third-order valence-corrected chi connectivity index (χ3v) is 9.31. The molecule has 38 heavy (non-hydrogen) atoms. The topological polar surface area (TPSA) is 113 Å². The second kappa shape index (κ2) is 10.8. The molecule has 0 bridgehead atoms.